The third kappa shape index (κ3) is 7.46. The molecule has 0 unspecified atom stereocenters. The van der Waals surface area contributed by atoms with Crippen LogP contribution in [0.1, 0.15) is 15.9 Å². The van der Waals surface area contributed by atoms with Crippen LogP contribution in [0.15, 0.2) is 78.9 Å². The fourth-order valence-electron chi connectivity index (χ4n) is 3.30. The molecule has 0 spiro atoms. The lowest BCUT2D eigenvalue weighted by atomic mass is 10.1. The molecule has 3 rings (SSSR count). The van der Waals surface area contributed by atoms with Crippen molar-refractivity contribution in [2.75, 3.05) is 37.9 Å². The molecule has 0 aliphatic carbocycles. The van der Waals surface area contributed by atoms with Crippen molar-refractivity contribution in [1.29, 1.82) is 0 Å². The van der Waals surface area contributed by atoms with E-state index in [4.69, 9.17) is 4.74 Å². The number of ether oxygens (including phenoxy) is 1. The van der Waals surface area contributed by atoms with Crippen molar-refractivity contribution in [1.82, 2.24) is 10.2 Å². The van der Waals surface area contributed by atoms with Crippen LogP contribution in [-0.2, 0) is 16.1 Å². The number of hydrogen-bond donors (Lipinski definition) is 3. The molecular weight excluding hydrogens is 432 g/mol. The van der Waals surface area contributed by atoms with Crippen LogP contribution in [0.2, 0.25) is 0 Å². The zero-order valence-electron chi connectivity index (χ0n) is 19.2. The lowest BCUT2D eigenvalue weighted by molar-refractivity contribution is -0.119. The molecule has 176 valence electrons. The highest BCUT2D eigenvalue weighted by Crippen LogP contribution is 2.17. The summed E-state index contributed by atoms with van der Waals surface area (Å²) in [5.41, 5.74) is 2.36. The molecule has 8 nitrogen and oxygen atoms in total. The summed E-state index contributed by atoms with van der Waals surface area (Å²) in [7, 11) is 3.22. The Morgan fingerprint density at radius 1 is 0.824 bits per heavy atom. The van der Waals surface area contributed by atoms with E-state index in [9.17, 15) is 14.4 Å². The van der Waals surface area contributed by atoms with Crippen molar-refractivity contribution in [2.45, 2.75) is 6.54 Å². The predicted octanol–water partition coefficient (Wildman–Crippen LogP) is 3.13. The third-order valence-electron chi connectivity index (χ3n) is 4.92. The summed E-state index contributed by atoms with van der Waals surface area (Å²) in [4.78, 5) is 39.1. The number of para-hydroxylation sites is 1. The number of nitrogens with one attached hydrogen (secondary N) is 3. The first kappa shape index (κ1) is 24.5. The van der Waals surface area contributed by atoms with E-state index in [1.165, 1.54) is 0 Å². The predicted molar refractivity (Wildman–Crippen MR) is 132 cm³/mol. The van der Waals surface area contributed by atoms with Gasteiger partial charge in [-0.2, -0.15) is 0 Å². The Labute approximate surface area is 198 Å². The number of nitrogens with zero attached hydrogens (tertiary/aromatic N) is 1. The Morgan fingerprint density at radius 3 is 2.24 bits per heavy atom. The van der Waals surface area contributed by atoms with Gasteiger partial charge in [0.2, 0.25) is 11.8 Å². The monoisotopic (exact) mass is 460 g/mol. The van der Waals surface area contributed by atoms with Gasteiger partial charge in [-0.15, -0.1) is 0 Å². The first-order valence-electron chi connectivity index (χ1n) is 10.8. The maximum Gasteiger partial charge on any atom is 0.253 e. The quantitative estimate of drug-likeness (QED) is 0.432. The number of amides is 3. The number of likely N-dealkylation sites (N-methyl/N-ethyl adjacent to an activating group) is 1. The van der Waals surface area contributed by atoms with Crippen LogP contribution in [0.4, 0.5) is 11.4 Å². The zero-order chi connectivity index (χ0) is 24.3. The minimum Gasteiger partial charge on any atom is -0.497 e. The van der Waals surface area contributed by atoms with Crippen molar-refractivity contribution >= 4 is 29.1 Å². The summed E-state index contributed by atoms with van der Waals surface area (Å²) in [5, 5.41) is 8.41. The van der Waals surface area contributed by atoms with E-state index in [-0.39, 0.29) is 30.8 Å². The number of methoxy groups -OCH3 is 1. The van der Waals surface area contributed by atoms with Crippen molar-refractivity contribution < 1.29 is 19.1 Å². The van der Waals surface area contributed by atoms with Crippen molar-refractivity contribution in [2.24, 2.45) is 0 Å². The summed E-state index contributed by atoms with van der Waals surface area (Å²) in [6.07, 6.45) is 0. The number of anilines is 2. The average Bonchev–Trinajstić information content (AvgIpc) is 2.83. The molecule has 8 heteroatoms. The molecule has 0 saturated heterocycles. The summed E-state index contributed by atoms with van der Waals surface area (Å²) in [6, 6.07) is 23.4. The topological polar surface area (TPSA) is 99.8 Å². The number of benzene rings is 3. The normalized spacial score (nSPS) is 10.4. The molecule has 0 heterocycles. The van der Waals surface area contributed by atoms with Crippen molar-refractivity contribution in [3.63, 3.8) is 0 Å². The van der Waals surface area contributed by atoms with Gasteiger partial charge in [-0.05, 0) is 36.9 Å². The fraction of sp³-hybridized carbons (Fsp3) is 0.192. The van der Waals surface area contributed by atoms with Crippen LogP contribution >= 0.6 is 0 Å². The van der Waals surface area contributed by atoms with E-state index in [1.54, 1.807) is 67.6 Å². The van der Waals surface area contributed by atoms with Gasteiger partial charge in [0.05, 0.1) is 31.5 Å². The first-order chi connectivity index (χ1) is 16.4. The fourth-order valence-corrected chi connectivity index (χ4v) is 3.30. The molecule has 0 fully saturated rings. The number of carbonyl (C=O) groups excluding carboxylic acids is 3. The number of rotatable bonds is 10. The van der Waals surface area contributed by atoms with E-state index in [1.807, 2.05) is 30.3 Å². The summed E-state index contributed by atoms with van der Waals surface area (Å²) in [5.74, 6) is -0.244. The molecule has 0 aliphatic rings. The Hall–Kier alpha value is -4.17. The van der Waals surface area contributed by atoms with Gasteiger partial charge < -0.3 is 20.7 Å². The average molecular weight is 461 g/mol. The molecule has 3 N–H and O–H groups in total. The summed E-state index contributed by atoms with van der Waals surface area (Å²) < 4.78 is 5.15. The van der Waals surface area contributed by atoms with Gasteiger partial charge in [0, 0.05) is 18.3 Å². The van der Waals surface area contributed by atoms with Crippen LogP contribution in [0.3, 0.4) is 0 Å². The number of hydrogen-bond acceptors (Lipinski definition) is 5. The SMILES string of the molecule is COc1cccc(NC(=O)CN(C)CC(=O)Nc2ccccc2C(=O)NCc2ccccc2)c1. The Bertz CT molecular complexity index is 1130. The molecule has 0 aliphatic heterocycles. The minimum atomic E-state index is -0.333. The highest BCUT2D eigenvalue weighted by atomic mass is 16.5. The maximum atomic E-state index is 12.7. The standard InChI is InChI=1S/C26H28N4O4/c1-30(17-24(31)28-20-11-8-12-21(15-20)34-2)18-25(32)29-23-14-7-6-13-22(23)26(33)27-16-19-9-4-3-5-10-19/h3-15H,16-18H2,1-2H3,(H,27,33)(H,28,31)(H,29,32). The molecular formula is C26H28N4O4. The lowest BCUT2D eigenvalue weighted by Gasteiger charge is -2.17. The van der Waals surface area contributed by atoms with Crippen LogP contribution < -0.4 is 20.7 Å². The van der Waals surface area contributed by atoms with Crippen LogP contribution in [0, 0.1) is 0 Å². The van der Waals surface area contributed by atoms with Gasteiger partial charge in [0.15, 0.2) is 0 Å². The van der Waals surface area contributed by atoms with Gasteiger partial charge in [0.25, 0.3) is 5.91 Å². The van der Waals surface area contributed by atoms with Gasteiger partial charge in [-0.1, -0.05) is 48.5 Å². The summed E-state index contributed by atoms with van der Waals surface area (Å²) in [6.45, 7) is 0.377. The second kappa shape index (κ2) is 12.2. The molecule has 0 atom stereocenters. The van der Waals surface area contributed by atoms with Gasteiger partial charge in [-0.3, -0.25) is 19.3 Å². The van der Waals surface area contributed by atoms with E-state index < -0.39 is 0 Å². The molecule has 0 bridgehead atoms. The van der Waals surface area contributed by atoms with Gasteiger partial charge in [-0.25, -0.2) is 0 Å². The van der Waals surface area contributed by atoms with Crippen LogP contribution in [-0.4, -0.2) is 49.9 Å². The second-order valence-corrected chi connectivity index (χ2v) is 7.71. The number of carbonyl (C=O) groups is 3. The van der Waals surface area contributed by atoms with E-state index >= 15 is 0 Å². The van der Waals surface area contributed by atoms with Crippen LogP contribution in [0.5, 0.6) is 5.75 Å². The van der Waals surface area contributed by atoms with Gasteiger partial charge in [0.1, 0.15) is 5.75 Å². The minimum absolute atomic E-state index is 0.0177. The molecule has 34 heavy (non-hydrogen) atoms. The van der Waals surface area contributed by atoms with E-state index in [0.29, 0.717) is 29.2 Å². The van der Waals surface area contributed by atoms with Crippen molar-refractivity contribution in [3.05, 3.63) is 90.0 Å². The van der Waals surface area contributed by atoms with Crippen LogP contribution in [0.25, 0.3) is 0 Å². The van der Waals surface area contributed by atoms with Gasteiger partial charge >= 0.3 is 0 Å². The summed E-state index contributed by atoms with van der Waals surface area (Å²) >= 11 is 0. The smallest absolute Gasteiger partial charge is 0.253 e. The first-order valence-corrected chi connectivity index (χ1v) is 10.8. The molecule has 0 saturated carbocycles. The Balaban J connectivity index is 1.52. The third-order valence-corrected chi connectivity index (χ3v) is 4.92. The Morgan fingerprint density at radius 2 is 1.50 bits per heavy atom. The highest BCUT2D eigenvalue weighted by Gasteiger charge is 2.15. The molecule has 3 amide bonds. The van der Waals surface area contributed by atoms with Crippen molar-refractivity contribution in [3.8, 4) is 5.75 Å². The van der Waals surface area contributed by atoms with E-state index in [0.717, 1.165) is 5.56 Å². The molecule has 3 aromatic rings. The highest BCUT2D eigenvalue weighted by molar-refractivity contribution is 6.04. The Kier molecular flexibility index (Phi) is 8.76. The molecule has 0 aromatic heterocycles. The second-order valence-electron chi connectivity index (χ2n) is 7.71. The lowest BCUT2D eigenvalue weighted by Crippen LogP contribution is -2.36. The maximum absolute atomic E-state index is 12.7. The molecule has 0 radical (unpaired) electrons. The largest absolute Gasteiger partial charge is 0.497 e. The van der Waals surface area contributed by atoms with E-state index in [2.05, 4.69) is 16.0 Å². The zero-order valence-corrected chi connectivity index (χ0v) is 19.2. The molecule has 3 aromatic carbocycles.